The molecule has 44 heavy (non-hydrogen) atoms. The average molecular weight is 634 g/mol. The maximum absolute atomic E-state index is 14.2. The largest absolute Gasteiger partial charge is 0.368 e. The van der Waals surface area contributed by atoms with Gasteiger partial charge in [-0.05, 0) is 60.9 Å². The number of nitrogens with zero attached hydrogens (tertiary/aromatic N) is 5. The molecule has 3 aromatic carbocycles. The number of halogens is 3. The van der Waals surface area contributed by atoms with Gasteiger partial charge in [0.1, 0.15) is 11.7 Å². The van der Waals surface area contributed by atoms with Crippen LogP contribution in [0.15, 0.2) is 83.9 Å². The standard InChI is InChI=1S/C33H31Cl2FN6O2/c1-21-30(33(44)41-17-15-40(16-18-41)25-10-8-24(36)9-11-25)31(23-7-12-26(34)27(35)19-23)42-29(38-21)20-28(39-42)32(43)37-14-13-22-5-3-2-4-6-22/h2-12,19-20,30-31H,13-18H2,1H3,(H,37,43). The summed E-state index contributed by atoms with van der Waals surface area (Å²) >= 11 is 12.7. The van der Waals surface area contributed by atoms with Gasteiger partial charge in [-0.25, -0.2) is 14.1 Å². The zero-order valence-corrected chi connectivity index (χ0v) is 25.6. The van der Waals surface area contributed by atoms with Gasteiger partial charge in [-0.1, -0.05) is 59.6 Å². The van der Waals surface area contributed by atoms with Gasteiger partial charge in [0.2, 0.25) is 5.91 Å². The molecule has 2 unspecified atom stereocenters. The van der Waals surface area contributed by atoms with E-state index >= 15 is 0 Å². The second kappa shape index (κ2) is 12.8. The number of aromatic nitrogens is 2. The SMILES string of the molecule is CC1=Nc2cc(C(=O)NCCc3ccccc3)nn2C(c2ccc(Cl)c(Cl)c2)C1C(=O)N1CCN(c2ccc(F)cc2)CC1. The first-order chi connectivity index (χ1) is 21.3. The normalized spacial score (nSPS) is 18.0. The van der Waals surface area contributed by atoms with Gasteiger partial charge in [-0.2, -0.15) is 5.10 Å². The third-order valence-electron chi connectivity index (χ3n) is 8.15. The van der Waals surface area contributed by atoms with E-state index < -0.39 is 12.0 Å². The zero-order valence-electron chi connectivity index (χ0n) is 24.1. The lowest BCUT2D eigenvalue weighted by Crippen LogP contribution is -2.53. The number of rotatable bonds is 7. The second-order valence-electron chi connectivity index (χ2n) is 11.0. The van der Waals surface area contributed by atoms with E-state index in [0.717, 1.165) is 16.8 Å². The van der Waals surface area contributed by atoms with Crippen molar-refractivity contribution in [3.63, 3.8) is 0 Å². The fourth-order valence-corrected chi connectivity index (χ4v) is 6.14. The van der Waals surface area contributed by atoms with Crippen LogP contribution in [0.5, 0.6) is 0 Å². The fraction of sp³-hybridized carbons (Fsp3) is 0.273. The van der Waals surface area contributed by atoms with Crippen molar-refractivity contribution in [1.82, 2.24) is 20.0 Å². The third-order valence-corrected chi connectivity index (χ3v) is 8.88. The molecule has 2 amide bonds. The highest BCUT2D eigenvalue weighted by atomic mass is 35.5. The summed E-state index contributed by atoms with van der Waals surface area (Å²) in [6.45, 7) is 4.49. The molecule has 6 rings (SSSR count). The molecule has 0 saturated carbocycles. The van der Waals surface area contributed by atoms with Crippen LogP contribution in [0.25, 0.3) is 0 Å². The number of piperazine rings is 1. The summed E-state index contributed by atoms with van der Waals surface area (Å²) in [5.74, 6) is -0.879. The average Bonchev–Trinajstić information content (AvgIpc) is 3.46. The van der Waals surface area contributed by atoms with E-state index in [1.807, 2.05) is 48.2 Å². The third kappa shape index (κ3) is 6.21. The number of carbonyl (C=O) groups excluding carboxylic acids is 2. The molecule has 4 aromatic rings. The van der Waals surface area contributed by atoms with Crippen LogP contribution in [-0.4, -0.2) is 64.9 Å². The molecule has 1 saturated heterocycles. The highest BCUT2D eigenvalue weighted by Crippen LogP contribution is 2.39. The van der Waals surface area contributed by atoms with Crippen molar-refractivity contribution in [2.75, 3.05) is 37.6 Å². The molecule has 0 radical (unpaired) electrons. The van der Waals surface area contributed by atoms with Gasteiger partial charge in [-0.3, -0.25) is 9.59 Å². The van der Waals surface area contributed by atoms with Crippen LogP contribution >= 0.6 is 23.2 Å². The Bertz CT molecular complexity index is 1700. The lowest BCUT2D eigenvalue weighted by atomic mass is 9.87. The van der Waals surface area contributed by atoms with E-state index in [1.165, 1.54) is 12.1 Å². The minimum atomic E-state index is -0.675. The molecule has 1 fully saturated rings. The molecule has 0 bridgehead atoms. The fourth-order valence-electron chi connectivity index (χ4n) is 5.84. The van der Waals surface area contributed by atoms with E-state index in [-0.39, 0.29) is 23.3 Å². The molecular weight excluding hydrogens is 602 g/mol. The zero-order chi connectivity index (χ0) is 30.8. The van der Waals surface area contributed by atoms with Gasteiger partial charge < -0.3 is 15.1 Å². The first kappa shape index (κ1) is 29.8. The number of carbonyl (C=O) groups is 2. The summed E-state index contributed by atoms with van der Waals surface area (Å²) in [6, 6.07) is 22.6. The molecule has 8 nitrogen and oxygen atoms in total. The van der Waals surface area contributed by atoms with Crippen molar-refractivity contribution in [3.05, 3.63) is 112 Å². The monoisotopic (exact) mass is 632 g/mol. The summed E-state index contributed by atoms with van der Waals surface area (Å²) in [7, 11) is 0. The number of aliphatic imine (C=N–C) groups is 1. The van der Waals surface area contributed by atoms with Crippen molar-refractivity contribution in [2.45, 2.75) is 19.4 Å². The number of fused-ring (bicyclic) bond motifs is 1. The Labute approximate surface area is 265 Å². The van der Waals surface area contributed by atoms with Crippen LogP contribution in [0.1, 0.15) is 34.6 Å². The quantitative estimate of drug-likeness (QED) is 0.272. The lowest BCUT2D eigenvalue weighted by molar-refractivity contribution is -0.134. The number of hydrogen-bond acceptors (Lipinski definition) is 5. The van der Waals surface area contributed by atoms with E-state index in [0.29, 0.717) is 60.7 Å². The van der Waals surface area contributed by atoms with Crippen LogP contribution in [0.2, 0.25) is 10.0 Å². The summed E-state index contributed by atoms with van der Waals surface area (Å²) in [6.07, 6.45) is 0.689. The molecule has 2 aliphatic rings. The molecular formula is C33H31Cl2FN6O2. The minimum Gasteiger partial charge on any atom is -0.368 e. The molecule has 0 aliphatic carbocycles. The molecule has 0 spiro atoms. The predicted molar refractivity (Wildman–Crippen MR) is 171 cm³/mol. The van der Waals surface area contributed by atoms with Gasteiger partial charge in [0.05, 0.1) is 16.1 Å². The summed E-state index contributed by atoms with van der Waals surface area (Å²) in [4.78, 5) is 36.1. The van der Waals surface area contributed by atoms with Crippen molar-refractivity contribution < 1.29 is 14.0 Å². The number of anilines is 1. The number of amides is 2. The number of hydrogen-bond donors (Lipinski definition) is 1. The van der Waals surface area contributed by atoms with Gasteiger partial charge in [0, 0.05) is 50.2 Å². The van der Waals surface area contributed by atoms with Crippen LogP contribution in [-0.2, 0) is 11.2 Å². The molecule has 2 aliphatic heterocycles. The topological polar surface area (TPSA) is 82.8 Å². The van der Waals surface area contributed by atoms with E-state index in [4.69, 9.17) is 28.2 Å². The summed E-state index contributed by atoms with van der Waals surface area (Å²) in [5, 5.41) is 8.37. The van der Waals surface area contributed by atoms with Crippen LogP contribution in [0, 0.1) is 11.7 Å². The smallest absolute Gasteiger partial charge is 0.271 e. The number of benzene rings is 3. The van der Waals surface area contributed by atoms with Crippen molar-refractivity contribution in [2.24, 2.45) is 10.9 Å². The van der Waals surface area contributed by atoms with E-state index in [2.05, 4.69) is 15.3 Å². The van der Waals surface area contributed by atoms with Crippen molar-refractivity contribution >= 4 is 52.2 Å². The molecule has 3 heterocycles. The first-order valence-electron chi connectivity index (χ1n) is 14.5. The predicted octanol–water partition coefficient (Wildman–Crippen LogP) is 5.96. The van der Waals surface area contributed by atoms with Crippen LogP contribution in [0.4, 0.5) is 15.9 Å². The maximum atomic E-state index is 14.2. The molecule has 11 heteroatoms. The van der Waals surface area contributed by atoms with Crippen LogP contribution in [0.3, 0.4) is 0 Å². The van der Waals surface area contributed by atoms with Crippen molar-refractivity contribution in [3.8, 4) is 0 Å². The molecule has 1 N–H and O–H groups in total. The van der Waals surface area contributed by atoms with Gasteiger partial charge >= 0.3 is 0 Å². The second-order valence-corrected chi connectivity index (χ2v) is 11.8. The Morgan fingerprint density at radius 1 is 0.932 bits per heavy atom. The highest BCUT2D eigenvalue weighted by molar-refractivity contribution is 6.42. The van der Waals surface area contributed by atoms with Crippen molar-refractivity contribution in [1.29, 1.82) is 0 Å². The van der Waals surface area contributed by atoms with Gasteiger partial charge in [0.25, 0.3) is 5.91 Å². The Morgan fingerprint density at radius 2 is 1.66 bits per heavy atom. The van der Waals surface area contributed by atoms with Gasteiger partial charge in [0.15, 0.2) is 11.5 Å². The van der Waals surface area contributed by atoms with Gasteiger partial charge in [-0.15, -0.1) is 0 Å². The highest BCUT2D eigenvalue weighted by Gasteiger charge is 2.41. The lowest BCUT2D eigenvalue weighted by Gasteiger charge is -2.40. The Kier molecular flexibility index (Phi) is 8.68. The first-order valence-corrected chi connectivity index (χ1v) is 15.2. The molecule has 2 atom stereocenters. The number of nitrogens with one attached hydrogen (secondary N) is 1. The Balaban J connectivity index is 1.24. The maximum Gasteiger partial charge on any atom is 0.271 e. The minimum absolute atomic E-state index is 0.0870. The summed E-state index contributed by atoms with van der Waals surface area (Å²) in [5.41, 5.74) is 3.61. The Hall–Kier alpha value is -4.21. The van der Waals surface area contributed by atoms with E-state index in [9.17, 15) is 14.0 Å². The van der Waals surface area contributed by atoms with E-state index in [1.54, 1.807) is 35.0 Å². The van der Waals surface area contributed by atoms with Crippen LogP contribution < -0.4 is 10.2 Å². The Morgan fingerprint density at radius 3 is 2.36 bits per heavy atom. The summed E-state index contributed by atoms with van der Waals surface area (Å²) < 4.78 is 15.1. The molecule has 1 aromatic heterocycles. The molecule has 226 valence electrons.